The molecule has 1 rings (SSSR count). The first-order valence-electron chi connectivity index (χ1n) is 6.99. The lowest BCUT2D eigenvalue weighted by Gasteiger charge is -2.23. The van der Waals surface area contributed by atoms with Crippen molar-refractivity contribution in [1.29, 1.82) is 0 Å². The van der Waals surface area contributed by atoms with Crippen LogP contribution in [0.15, 0.2) is 6.20 Å². The van der Waals surface area contributed by atoms with E-state index < -0.39 is 4.92 Å². The van der Waals surface area contributed by atoms with Crippen molar-refractivity contribution in [2.45, 2.75) is 34.1 Å². The van der Waals surface area contributed by atoms with Crippen LogP contribution in [0.5, 0.6) is 0 Å². The van der Waals surface area contributed by atoms with E-state index in [1.807, 2.05) is 18.7 Å². The van der Waals surface area contributed by atoms with Gasteiger partial charge in [0.1, 0.15) is 6.20 Å². The molecule has 0 saturated heterocycles. The van der Waals surface area contributed by atoms with Gasteiger partial charge in [0.2, 0.25) is 11.8 Å². The molecule has 112 valence electrons. The largest absolute Gasteiger partial charge is 0.354 e. The molecule has 0 spiro atoms. The van der Waals surface area contributed by atoms with E-state index in [4.69, 9.17) is 0 Å². The van der Waals surface area contributed by atoms with Crippen molar-refractivity contribution in [3.63, 3.8) is 0 Å². The van der Waals surface area contributed by atoms with Gasteiger partial charge in [-0.3, -0.25) is 10.1 Å². The van der Waals surface area contributed by atoms with Gasteiger partial charge in [-0.15, -0.1) is 0 Å². The van der Waals surface area contributed by atoms with Gasteiger partial charge in [0, 0.05) is 19.6 Å². The average molecular weight is 281 g/mol. The molecule has 1 heterocycles. The molecule has 0 unspecified atom stereocenters. The third-order valence-electron chi connectivity index (χ3n) is 2.75. The first-order valence-corrected chi connectivity index (χ1v) is 6.99. The van der Waals surface area contributed by atoms with Crippen LogP contribution in [0.1, 0.15) is 34.1 Å². The molecule has 20 heavy (non-hydrogen) atoms. The topological polar surface area (TPSA) is 84.2 Å². The van der Waals surface area contributed by atoms with Crippen LogP contribution >= 0.6 is 0 Å². The number of hydrogen-bond acceptors (Lipinski definition) is 6. The van der Waals surface area contributed by atoms with Crippen molar-refractivity contribution in [3.05, 3.63) is 16.3 Å². The van der Waals surface area contributed by atoms with Crippen LogP contribution in [0.2, 0.25) is 0 Å². The number of nitrogens with one attached hydrogen (secondary N) is 1. The number of hydrogen-bond donors (Lipinski definition) is 1. The highest BCUT2D eigenvalue weighted by molar-refractivity contribution is 5.58. The molecule has 0 bridgehead atoms. The molecule has 0 aliphatic heterocycles. The predicted octanol–water partition coefficient (Wildman–Crippen LogP) is 2.69. The molecular weight excluding hydrogens is 258 g/mol. The van der Waals surface area contributed by atoms with Crippen LogP contribution in [0.3, 0.4) is 0 Å². The molecule has 1 aromatic heterocycles. The Morgan fingerprint density at radius 2 is 2.15 bits per heavy atom. The third-order valence-corrected chi connectivity index (χ3v) is 2.75. The minimum Gasteiger partial charge on any atom is -0.354 e. The number of nitro groups is 1. The maximum absolute atomic E-state index is 11.1. The van der Waals surface area contributed by atoms with Crippen molar-refractivity contribution in [3.8, 4) is 0 Å². The quantitative estimate of drug-likeness (QED) is 0.582. The maximum Gasteiger partial charge on any atom is 0.329 e. The van der Waals surface area contributed by atoms with E-state index in [0.717, 1.165) is 19.5 Å². The molecule has 7 nitrogen and oxygen atoms in total. The second kappa shape index (κ2) is 7.62. The number of rotatable bonds is 8. The van der Waals surface area contributed by atoms with E-state index in [9.17, 15) is 10.1 Å². The molecule has 0 saturated carbocycles. The Balaban J connectivity index is 3.12. The number of nitrogens with zero attached hydrogens (tertiary/aromatic N) is 4. The Kier molecular flexibility index (Phi) is 6.14. The lowest BCUT2D eigenvalue weighted by Crippen LogP contribution is -2.29. The fourth-order valence-corrected chi connectivity index (χ4v) is 1.86. The van der Waals surface area contributed by atoms with Crippen LogP contribution in [0.4, 0.5) is 17.5 Å². The second-order valence-corrected chi connectivity index (χ2v) is 5.02. The molecule has 7 heteroatoms. The summed E-state index contributed by atoms with van der Waals surface area (Å²) in [5.74, 6) is 1.23. The Morgan fingerprint density at radius 1 is 1.45 bits per heavy atom. The summed E-state index contributed by atoms with van der Waals surface area (Å²) in [7, 11) is 0. The first-order chi connectivity index (χ1) is 9.49. The van der Waals surface area contributed by atoms with Gasteiger partial charge in [-0.05, 0) is 19.3 Å². The van der Waals surface area contributed by atoms with Crippen molar-refractivity contribution in [2.75, 3.05) is 29.9 Å². The van der Waals surface area contributed by atoms with Crippen LogP contribution in [0, 0.1) is 16.0 Å². The van der Waals surface area contributed by atoms with Gasteiger partial charge in [-0.1, -0.05) is 20.8 Å². The third kappa shape index (κ3) is 4.32. The summed E-state index contributed by atoms with van der Waals surface area (Å²) in [6.07, 6.45) is 2.22. The van der Waals surface area contributed by atoms with E-state index in [1.54, 1.807) is 0 Å². The van der Waals surface area contributed by atoms with Crippen LogP contribution in [-0.4, -0.2) is 34.5 Å². The van der Waals surface area contributed by atoms with E-state index in [2.05, 4.69) is 29.1 Å². The summed E-state index contributed by atoms with van der Waals surface area (Å²) >= 11 is 0. The average Bonchev–Trinajstić information content (AvgIpc) is 2.41. The van der Waals surface area contributed by atoms with E-state index in [1.165, 1.54) is 6.20 Å². The number of aromatic nitrogens is 2. The molecule has 1 N–H and O–H groups in total. The molecule has 0 aliphatic carbocycles. The minimum atomic E-state index is -0.429. The van der Waals surface area contributed by atoms with E-state index in [-0.39, 0.29) is 5.69 Å². The highest BCUT2D eigenvalue weighted by atomic mass is 16.6. The Labute approximate surface area is 119 Å². The summed E-state index contributed by atoms with van der Waals surface area (Å²) in [6.45, 7) is 10.3. The van der Waals surface area contributed by atoms with Crippen LogP contribution in [-0.2, 0) is 0 Å². The molecule has 1 aromatic rings. The van der Waals surface area contributed by atoms with Gasteiger partial charge in [-0.2, -0.15) is 4.98 Å². The standard InChI is InChI=1S/C13H23N5O2/c1-5-7-14-13-15-8-11(18(19)20)12(16-13)17(6-2)9-10(3)4/h8,10H,5-7,9H2,1-4H3,(H,14,15,16). The van der Waals surface area contributed by atoms with E-state index >= 15 is 0 Å². The maximum atomic E-state index is 11.1. The summed E-state index contributed by atoms with van der Waals surface area (Å²) in [5.41, 5.74) is -0.0467. The zero-order chi connectivity index (χ0) is 15.1. The molecule has 0 amide bonds. The zero-order valence-electron chi connectivity index (χ0n) is 12.6. The van der Waals surface area contributed by atoms with Gasteiger partial charge in [-0.25, -0.2) is 4.98 Å². The zero-order valence-corrected chi connectivity index (χ0v) is 12.6. The molecular formula is C13H23N5O2. The summed E-state index contributed by atoms with van der Waals surface area (Å²) < 4.78 is 0. The summed E-state index contributed by atoms with van der Waals surface area (Å²) in [5, 5.41) is 14.2. The van der Waals surface area contributed by atoms with Crippen molar-refractivity contribution in [1.82, 2.24) is 9.97 Å². The monoisotopic (exact) mass is 281 g/mol. The Hall–Kier alpha value is -1.92. The summed E-state index contributed by atoms with van der Waals surface area (Å²) in [4.78, 5) is 20.9. The molecule has 0 atom stereocenters. The van der Waals surface area contributed by atoms with Gasteiger partial charge < -0.3 is 10.2 Å². The van der Waals surface area contributed by atoms with Crippen LogP contribution < -0.4 is 10.2 Å². The van der Waals surface area contributed by atoms with Crippen molar-refractivity contribution < 1.29 is 4.92 Å². The fraction of sp³-hybridized carbons (Fsp3) is 0.692. The SMILES string of the molecule is CCCNc1ncc([N+](=O)[O-])c(N(CC)CC(C)C)n1. The Morgan fingerprint density at radius 3 is 2.65 bits per heavy atom. The smallest absolute Gasteiger partial charge is 0.329 e. The molecule has 0 aromatic carbocycles. The van der Waals surface area contributed by atoms with Gasteiger partial charge in [0.25, 0.3) is 0 Å². The normalized spacial score (nSPS) is 10.7. The lowest BCUT2D eigenvalue weighted by molar-refractivity contribution is -0.384. The molecule has 0 aliphatic rings. The lowest BCUT2D eigenvalue weighted by atomic mass is 10.2. The highest BCUT2D eigenvalue weighted by Crippen LogP contribution is 2.26. The predicted molar refractivity (Wildman–Crippen MR) is 80.2 cm³/mol. The van der Waals surface area contributed by atoms with Gasteiger partial charge >= 0.3 is 5.69 Å². The van der Waals surface area contributed by atoms with Gasteiger partial charge in [0.15, 0.2) is 0 Å². The molecule has 0 fully saturated rings. The van der Waals surface area contributed by atoms with Crippen molar-refractivity contribution in [2.24, 2.45) is 5.92 Å². The summed E-state index contributed by atoms with van der Waals surface area (Å²) in [6, 6.07) is 0. The Bertz CT molecular complexity index is 450. The number of anilines is 2. The van der Waals surface area contributed by atoms with Crippen molar-refractivity contribution >= 4 is 17.5 Å². The second-order valence-electron chi connectivity index (χ2n) is 5.02. The molecule has 0 radical (unpaired) electrons. The highest BCUT2D eigenvalue weighted by Gasteiger charge is 2.22. The van der Waals surface area contributed by atoms with Gasteiger partial charge in [0.05, 0.1) is 4.92 Å². The first kappa shape index (κ1) is 16.1. The minimum absolute atomic E-state index is 0.0467. The fourth-order valence-electron chi connectivity index (χ4n) is 1.86. The van der Waals surface area contributed by atoms with E-state index in [0.29, 0.717) is 24.2 Å². The van der Waals surface area contributed by atoms with Crippen LogP contribution in [0.25, 0.3) is 0 Å².